The van der Waals surface area contributed by atoms with E-state index in [1.54, 1.807) is 6.33 Å². The minimum atomic E-state index is 0.333. The predicted octanol–water partition coefficient (Wildman–Crippen LogP) is 3.10. The van der Waals surface area contributed by atoms with E-state index in [-0.39, 0.29) is 0 Å². The number of rotatable bonds is 3. The average molecular weight is 292 g/mol. The van der Waals surface area contributed by atoms with Gasteiger partial charge in [0.2, 0.25) is 0 Å². The molecule has 2 aromatic carbocycles. The van der Waals surface area contributed by atoms with Gasteiger partial charge in [0.25, 0.3) is 0 Å². The Kier molecular flexibility index (Phi) is 3.39. The van der Waals surface area contributed by atoms with Gasteiger partial charge in [-0.25, -0.2) is 9.67 Å². The van der Waals surface area contributed by atoms with Gasteiger partial charge in [-0.3, -0.25) is 0 Å². The molecule has 0 saturated carbocycles. The minimum Gasteiger partial charge on any atom is -0.306 e. The number of nitrogens with zero attached hydrogens (tertiary/aromatic N) is 3. The number of fused-ring (bicyclic) bond motifs is 2. The Balaban J connectivity index is 1.50. The van der Waals surface area contributed by atoms with Crippen molar-refractivity contribution in [1.82, 2.24) is 20.1 Å². The molecule has 0 radical (unpaired) electrons. The molecule has 0 saturated heterocycles. The molecule has 0 unspecified atom stereocenters. The van der Waals surface area contributed by atoms with Gasteiger partial charge in [0.15, 0.2) is 0 Å². The lowest BCUT2D eigenvalue weighted by Gasteiger charge is -2.27. The molecule has 4 nitrogen and oxygen atoms in total. The zero-order chi connectivity index (χ0) is 14.9. The summed E-state index contributed by atoms with van der Waals surface area (Å²) < 4.78 is 2.02. The Labute approximate surface area is 130 Å². The number of hydrogen-bond acceptors (Lipinski definition) is 3. The number of benzene rings is 2. The van der Waals surface area contributed by atoms with Crippen molar-refractivity contribution in [3.63, 3.8) is 0 Å². The van der Waals surface area contributed by atoms with Crippen molar-refractivity contribution < 1.29 is 0 Å². The third-order valence-corrected chi connectivity index (χ3v) is 4.56. The molecule has 4 rings (SSSR count). The van der Waals surface area contributed by atoms with Gasteiger partial charge in [0.05, 0.1) is 6.54 Å². The Morgan fingerprint density at radius 1 is 1.18 bits per heavy atom. The summed E-state index contributed by atoms with van der Waals surface area (Å²) in [5, 5.41) is 10.6. The number of aryl methyl sites for hydroxylation is 1. The van der Waals surface area contributed by atoms with E-state index in [1.165, 1.54) is 16.3 Å². The van der Waals surface area contributed by atoms with Crippen LogP contribution in [-0.2, 0) is 13.0 Å². The van der Waals surface area contributed by atoms with Gasteiger partial charge in [-0.2, -0.15) is 5.10 Å². The first-order valence-corrected chi connectivity index (χ1v) is 7.91. The first-order chi connectivity index (χ1) is 10.8. The van der Waals surface area contributed by atoms with Crippen molar-refractivity contribution in [3.05, 3.63) is 60.2 Å². The van der Waals surface area contributed by atoms with Gasteiger partial charge < -0.3 is 5.32 Å². The van der Waals surface area contributed by atoms with E-state index in [4.69, 9.17) is 0 Å². The number of aromatic nitrogens is 3. The second-order valence-electron chi connectivity index (χ2n) is 6.09. The van der Waals surface area contributed by atoms with Crippen LogP contribution in [0.2, 0.25) is 0 Å². The van der Waals surface area contributed by atoms with E-state index >= 15 is 0 Å². The van der Waals surface area contributed by atoms with Crippen LogP contribution in [0.1, 0.15) is 30.8 Å². The summed E-state index contributed by atoms with van der Waals surface area (Å²) in [5.74, 6) is 1.11. The van der Waals surface area contributed by atoms with Crippen LogP contribution in [0.25, 0.3) is 10.8 Å². The lowest BCUT2D eigenvalue weighted by Crippen LogP contribution is -2.39. The molecule has 0 bridgehead atoms. The van der Waals surface area contributed by atoms with Crippen molar-refractivity contribution in [2.24, 2.45) is 0 Å². The molecule has 1 aliphatic rings. The van der Waals surface area contributed by atoms with Gasteiger partial charge in [-0.15, -0.1) is 0 Å². The van der Waals surface area contributed by atoms with E-state index in [2.05, 4.69) is 64.8 Å². The van der Waals surface area contributed by atoms with E-state index in [1.807, 2.05) is 4.68 Å². The normalized spacial score (nSPS) is 19.0. The number of nitrogens with one attached hydrogen (secondary N) is 1. The van der Waals surface area contributed by atoms with Crippen LogP contribution < -0.4 is 5.32 Å². The summed E-state index contributed by atoms with van der Waals surface area (Å²) in [6.07, 6.45) is 3.78. The van der Waals surface area contributed by atoms with Crippen LogP contribution in [0, 0.1) is 0 Å². The Morgan fingerprint density at radius 2 is 2.05 bits per heavy atom. The first-order valence-electron chi connectivity index (χ1n) is 7.91. The highest BCUT2D eigenvalue weighted by molar-refractivity contribution is 5.83. The van der Waals surface area contributed by atoms with E-state index in [0.29, 0.717) is 12.1 Å². The topological polar surface area (TPSA) is 42.7 Å². The third-order valence-electron chi connectivity index (χ3n) is 4.56. The van der Waals surface area contributed by atoms with Crippen LogP contribution in [0.3, 0.4) is 0 Å². The van der Waals surface area contributed by atoms with Crippen LogP contribution in [0.5, 0.6) is 0 Å². The van der Waals surface area contributed by atoms with Gasteiger partial charge in [0.1, 0.15) is 12.2 Å². The highest BCUT2D eigenvalue weighted by Crippen LogP contribution is 2.22. The van der Waals surface area contributed by atoms with E-state index < -0.39 is 0 Å². The van der Waals surface area contributed by atoms with Crippen LogP contribution in [0.4, 0.5) is 0 Å². The molecule has 2 atom stereocenters. The Morgan fingerprint density at radius 3 is 2.95 bits per heavy atom. The standard InChI is InChI=1S/C18H20N4/c1-13(15-7-6-14-4-2-3-5-16(14)10-15)21-17-8-9-18-19-12-20-22(18)11-17/h2-7,10,12-13,17,21H,8-9,11H2,1H3/t13-,17+/m1/s1. The highest BCUT2D eigenvalue weighted by atomic mass is 15.3. The summed E-state index contributed by atoms with van der Waals surface area (Å²) in [6, 6.07) is 16.0. The van der Waals surface area contributed by atoms with E-state index in [9.17, 15) is 0 Å². The zero-order valence-corrected chi connectivity index (χ0v) is 12.7. The molecule has 1 aliphatic heterocycles. The molecule has 1 N–H and O–H groups in total. The Hall–Kier alpha value is -2.20. The van der Waals surface area contributed by atoms with Crippen molar-refractivity contribution in [3.8, 4) is 0 Å². The molecule has 2 heterocycles. The average Bonchev–Trinajstić information content (AvgIpc) is 3.02. The molecule has 0 aliphatic carbocycles. The predicted molar refractivity (Wildman–Crippen MR) is 87.6 cm³/mol. The fraction of sp³-hybridized carbons (Fsp3) is 0.333. The monoisotopic (exact) mass is 292 g/mol. The maximum Gasteiger partial charge on any atom is 0.138 e. The van der Waals surface area contributed by atoms with E-state index in [0.717, 1.165) is 25.2 Å². The quantitative estimate of drug-likeness (QED) is 0.806. The molecule has 3 aromatic rings. The molecular weight excluding hydrogens is 272 g/mol. The van der Waals surface area contributed by atoms with Crippen molar-refractivity contribution in [1.29, 1.82) is 0 Å². The van der Waals surface area contributed by atoms with Gasteiger partial charge in [0, 0.05) is 18.5 Å². The molecule has 1 aromatic heterocycles. The van der Waals surface area contributed by atoms with Gasteiger partial charge >= 0.3 is 0 Å². The molecular formula is C18H20N4. The summed E-state index contributed by atoms with van der Waals surface area (Å²) >= 11 is 0. The summed E-state index contributed by atoms with van der Waals surface area (Å²) in [5.41, 5.74) is 1.34. The first kappa shape index (κ1) is 13.5. The molecule has 0 spiro atoms. The largest absolute Gasteiger partial charge is 0.306 e. The highest BCUT2D eigenvalue weighted by Gasteiger charge is 2.21. The summed E-state index contributed by atoms with van der Waals surface area (Å²) in [7, 11) is 0. The maximum atomic E-state index is 4.29. The maximum absolute atomic E-state index is 4.29. The van der Waals surface area contributed by atoms with Crippen molar-refractivity contribution in [2.75, 3.05) is 0 Å². The lowest BCUT2D eigenvalue weighted by atomic mass is 10.0. The van der Waals surface area contributed by atoms with Crippen LogP contribution in [-0.4, -0.2) is 20.8 Å². The van der Waals surface area contributed by atoms with Gasteiger partial charge in [-0.05, 0) is 35.7 Å². The fourth-order valence-electron chi connectivity index (χ4n) is 3.30. The summed E-state index contributed by atoms with van der Waals surface area (Å²) in [6.45, 7) is 3.15. The lowest BCUT2D eigenvalue weighted by molar-refractivity contribution is 0.335. The van der Waals surface area contributed by atoms with Crippen molar-refractivity contribution in [2.45, 2.75) is 38.4 Å². The zero-order valence-electron chi connectivity index (χ0n) is 12.7. The number of hydrogen-bond donors (Lipinski definition) is 1. The SMILES string of the molecule is C[C@@H](N[C@H]1CCc2ncnn2C1)c1ccc2ccccc2c1. The molecule has 0 fully saturated rings. The van der Waals surface area contributed by atoms with Gasteiger partial charge in [-0.1, -0.05) is 36.4 Å². The van der Waals surface area contributed by atoms with Crippen molar-refractivity contribution >= 4 is 10.8 Å². The molecule has 22 heavy (non-hydrogen) atoms. The van der Waals surface area contributed by atoms with Crippen LogP contribution >= 0.6 is 0 Å². The second kappa shape index (κ2) is 5.54. The minimum absolute atomic E-state index is 0.333. The molecule has 4 heteroatoms. The second-order valence-corrected chi connectivity index (χ2v) is 6.09. The fourth-order valence-corrected chi connectivity index (χ4v) is 3.30. The Bertz CT molecular complexity index is 792. The smallest absolute Gasteiger partial charge is 0.138 e. The molecule has 0 amide bonds. The molecule has 112 valence electrons. The third kappa shape index (κ3) is 2.50. The van der Waals surface area contributed by atoms with Crippen LogP contribution in [0.15, 0.2) is 48.8 Å². The summed E-state index contributed by atoms with van der Waals surface area (Å²) in [4.78, 5) is 4.29.